The van der Waals surface area contributed by atoms with Crippen LogP contribution in [0.25, 0.3) is 0 Å². The fraction of sp³-hybridized carbons (Fsp3) is 0.762. The monoisotopic (exact) mass is 408 g/mol. The number of fused-ring (bicyclic) bond motifs is 1. The number of aliphatic hydroxyl groups excluding tert-OH is 1. The summed E-state index contributed by atoms with van der Waals surface area (Å²) in [7, 11) is 0. The highest BCUT2D eigenvalue weighted by Crippen LogP contribution is 2.58. The van der Waals surface area contributed by atoms with Gasteiger partial charge in [0.15, 0.2) is 0 Å². The molecule has 8 heteroatoms. The third kappa shape index (κ3) is 3.36. The van der Waals surface area contributed by atoms with Crippen LogP contribution in [0.15, 0.2) is 12.7 Å². The van der Waals surface area contributed by atoms with Crippen molar-refractivity contribution in [1.82, 2.24) is 9.80 Å². The fourth-order valence-electron chi connectivity index (χ4n) is 5.39. The molecule has 0 aromatic carbocycles. The molecule has 0 radical (unpaired) electrons. The van der Waals surface area contributed by atoms with Gasteiger partial charge in [-0.15, -0.1) is 6.58 Å². The maximum Gasteiger partial charge on any atom is 0.310 e. The number of carboxylic acid groups (broad SMARTS) is 1. The number of aliphatic carboxylic acids is 1. The number of amides is 2. The summed E-state index contributed by atoms with van der Waals surface area (Å²) in [5, 5.41) is 19.5. The van der Waals surface area contributed by atoms with Gasteiger partial charge >= 0.3 is 5.97 Å². The van der Waals surface area contributed by atoms with Crippen LogP contribution in [0.2, 0.25) is 0 Å². The number of ether oxygens (including phenoxy) is 1. The fourth-order valence-corrected chi connectivity index (χ4v) is 5.39. The van der Waals surface area contributed by atoms with Gasteiger partial charge in [-0.3, -0.25) is 14.4 Å². The summed E-state index contributed by atoms with van der Waals surface area (Å²) >= 11 is 0. The van der Waals surface area contributed by atoms with Crippen LogP contribution >= 0.6 is 0 Å². The van der Waals surface area contributed by atoms with Gasteiger partial charge in [-0.1, -0.05) is 25.8 Å². The average molecular weight is 408 g/mol. The number of hydrogen-bond donors (Lipinski definition) is 2. The molecule has 2 amide bonds. The number of carbonyl (C=O) groups is 3. The lowest BCUT2D eigenvalue weighted by molar-refractivity contribution is -0.153. The Bertz CT molecular complexity index is 682. The van der Waals surface area contributed by atoms with Crippen molar-refractivity contribution in [3.05, 3.63) is 12.7 Å². The standard InChI is InChI=1S/C21H32N2O6/c1-4-6-7-11-22(10-5-2)19(26)17-21-9-8-14(29-21)15(20(27)28)16(21)18(25)23(17)13(3)12-24/h5,13-17,24H,2,4,6-12H2,1,3H3,(H,27,28)/t13-,14-,15+,16+,17?,21?/m1/s1. The number of likely N-dealkylation sites (tertiary alicyclic amines) is 1. The number of hydrogen-bond acceptors (Lipinski definition) is 5. The van der Waals surface area contributed by atoms with Crippen LogP contribution in [-0.4, -0.2) is 81.3 Å². The van der Waals surface area contributed by atoms with Crippen LogP contribution in [-0.2, 0) is 19.1 Å². The molecule has 0 aromatic heterocycles. The van der Waals surface area contributed by atoms with E-state index < -0.39 is 47.5 Å². The van der Waals surface area contributed by atoms with E-state index in [0.29, 0.717) is 25.9 Å². The third-order valence-electron chi connectivity index (χ3n) is 6.69. The third-order valence-corrected chi connectivity index (χ3v) is 6.69. The van der Waals surface area contributed by atoms with Crippen molar-refractivity contribution < 1.29 is 29.3 Å². The van der Waals surface area contributed by atoms with E-state index in [1.807, 2.05) is 0 Å². The van der Waals surface area contributed by atoms with E-state index in [-0.39, 0.29) is 12.5 Å². The molecule has 162 valence electrons. The molecule has 3 rings (SSSR count). The molecule has 3 saturated heterocycles. The molecule has 1 spiro atoms. The van der Waals surface area contributed by atoms with Crippen molar-refractivity contribution in [3.63, 3.8) is 0 Å². The highest BCUT2D eigenvalue weighted by Gasteiger charge is 2.75. The predicted molar refractivity (Wildman–Crippen MR) is 105 cm³/mol. The Morgan fingerprint density at radius 3 is 2.76 bits per heavy atom. The van der Waals surface area contributed by atoms with Gasteiger partial charge < -0.3 is 24.7 Å². The zero-order chi connectivity index (χ0) is 21.3. The molecule has 29 heavy (non-hydrogen) atoms. The highest BCUT2D eigenvalue weighted by molar-refractivity contribution is 5.98. The van der Waals surface area contributed by atoms with Crippen LogP contribution in [0.3, 0.4) is 0 Å². The first-order valence-corrected chi connectivity index (χ1v) is 10.6. The number of nitrogens with zero attached hydrogens (tertiary/aromatic N) is 2. The Hall–Kier alpha value is -1.93. The first-order valence-electron chi connectivity index (χ1n) is 10.6. The molecule has 2 N–H and O–H groups in total. The van der Waals surface area contributed by atoms with Gasteiger partial charge in [-0.05, 0) is 26.2 Å². The molecule has 0 saturated carbocycles. The van der Waals surface area contributed by atoms with Crippen LogP contribution in [0.5, 0.6) is 0 Å². The zero-order valence-electron chi connectivity index (χ0n) is 17.2. The quantitative estimate of drug-likeness (QED) is 0.413. The number of rotatable bonds is 10. The SMILES string of the molecule is C=CCN(CCCCC)C(=O)C1N([C@H](C)CO)C(=O)[C@@H]2[C@@H](C(=O)O)[C@H]3CCC12O3. The molecule has 3 fully saturated rings. The topological polar surface area (TPSA) is 107 Å². The highest BCUT2D eigenvalue weighted by atomic mass is 16.5. The van der Waals surface area contributed by atoms with Gasteiger partial charge in [-0.25, -0.2) is 0 Å². The molecule has 2 unspecified atom stereocenters. The minimum Gasteiger partial charge on any atom is -0.481 e. The second kappa shape index (κ2) is 8.44. The second-order valence-corrected chi connectivity index (χ2v) is 8.45. The summed E-state index contributed by atoms with van der Waals surface area (Å²) in [6.07, 6.45) is 4.93. The zero-order valence-corrected chi connectivity index (χ0v) is 17.2. The summed E-state index contributed by atoms with van der Waals surface area (Å²) in [4.78, 5) is 42.0. The number of aliphatic hydroxyl groups is 1. The maximum absolute atomic E-state index is 13.7. The normalized spacial score (nSPS) is 33.6. The van der Waals surface area contributed by atoms with Gasteiger partial charge in [0, 0.05) is 13.1 Å². The van der Waals surface area contributed by atoms with Crippen molar-refractivity contribution in [3.8, 4) is 0 Å². The van der Waals surface area contributed by atoms with Gasteiger partial charge in [0.25, 0.3) is 0 Å². The first kappa shape index (κ1) is 21.8. The molecule has 0 aliphatic carbocycles. The van der Waals surface area contributed by atoms with Gasteiger partial charge in [0.1, 0.15) is 11.6 Å². The van der Waals surface area contributed by atoms with E-state index in [1.165, 1.54) is 4.90 Å². The van der Waals surface area contributed by atoms with Crippen LogP contribution in [0.1, 0.15) is 46.0 Å². The lowest BCUT2D eigenvalue weighted by Crippen LogP contribution is -2.58. The van der Waals surface area contributed by atoms with Crippen LogP contribution in [0, 0.1) is 11.8 Å². The summed E-state index contributed by atoms with van der Waals surface area (Å²) < 4.78 is 6.14. The lowest BCUT2D eigenvalue weighted by Gasteiger charge is -2.38. The molecule has 8 nitrogen and oxygen atoms in total. The van der Waals surface area contributed by atoms with Crippen molar-refractivity contribution >= 4 is 17.8 Å². The molecule has 6 atom stereocenters. The van der Waals surface area contributed by atoms with Gasteiger partial charge in [0.05, 0.1) is 30.6 Å². The van der Waals surface area contributed by atoms with E-state index in [1.54, 1.807) is 17.9 Å². The van der Waals surface area contributed by atoms with Gasteiger partial charge in [0.2, 0.25) is 11.8 Å². The second-order valence-electron chi connectivity index (χ2n) is 8.45. The average Bonchev–Trinajstić information content (AvgIpc) is 3.33. The van der Waals surface area contributed by atoms with Crippen molar-refractivity contribution in [2.24, 2.45) is 11.8 Å². The summed E-state index contributed by atoms with van der Waals surface area (Å²) in [5.74, 6) is -3.54. The van der Waals surface area contributed by atoms with E-state index in [9.17, 15) is 24.6 Å². The van der Waals surface area contributed by atoms with Crippen LogP contribution < -0.4 is 0 Å². The number of carboxylic acids is 1. The summed E-state index contributed by atoms with van der Waals surface area (Å²) in [5.41, 5.74) is -1.13. The molecule has 3 aliphatic rings. The minimum atomic E-state index is -1.13. The molecule has 0 aromatic rings. The lowest BCUT2D eigenvalue weighted by atomic mass is 9.70. The van der Waals surface area contributed by atoms with E-state index >= 15 is 0 Å². The molecular weight excluding hydrogens is 376 g/mol. The van der Waals surface area contributed by atoms with Gasteiger partial charge in [-0.2, -0.15) is 0 Å². The van der Waals surface area contributed by atoms with E-state index in [4.69, 9.17) is 4.74 Å². The maximum atomic E-state index is 13.7. The Labute approximate surface area is 171 Å². The minimum absolute atomic E-state index is 0.246. The smallest absolute Gasteiger partial charge is 0.310 e. The largest absolute Gasteiger partial charge is 0.481 e. The Morgan fingerprint density at radius 2 is 2.17 bits per heavy atom. The predicted octanol–water partition coefficient (Wildman–Crippen LogP) is 1.03. The van der Waals surface area contributed by atoms with E-state index in [0.717, 1.165) is 19.3 Å². The Kier molecular flexibility index (Phi) is 6.33. The Balaban J connectivity index is 1.99. The van der Waals surface area contributed by atoms with Crippen LogP contribution in [0.4, 0.5) is 0 Å². The molecular formula is C21H32N2O6. The molecule has 3 heterocycles. The van der Waals surface area contributed by atoms with E-state index in [2.05, 4.69) is 13.5 Å². The van der Waals surface area contributed by atoms with Crippen molar-refractivity contribution in [2.75, 3.05) is 19.7 Å². The number of carbonyl (C=O) groups excluding carboxylic acids is 2. The van der Waals surface area contributed by atoms with Crippen molar-refractivity contribution in [2.45, 2.75) is 69.7 Å². The first-order chi connectivity index (χ1) is 13.8. The molecule has 3 aliphatic heterocycles. The van der Waals surface area contributed by atoms with Crippen molar-refractivity contribution in [1.29, 1.82) is 0 Å². The molecule has 2 bridgehead atoms. The number of unbranched alkanes of at least 4 members (excludes halogenated alkanes) is 2. The summed E-state index contributed by atoms with van der Waals surface area (Å²) in [6.45, 7) is 8.08. The summed E-state index contributed by atoms with van der Waals surface area (Å²) in [6, 6.07) is -1.52. The Morgan fingerprint density at radius 1 is 1.45 bits per heavy atom.